The smallest absolute Gasteiger partial charge is 0.748 e. The molecular formula is C6H11NaO5S. The minimum absolute atomic E-state index is 0. The third kappa shape index (κ3) is 12.6. The van der Waals surface area contributed by atoms with Crippen molar-refractivity contribution in [1.29, 1.82) is 0 Å². The second kappa shape index (κ2) is 7.93. The fraction of sp³-hybridized carbons (Fsp3) is 0.667. The molecule has 72 valence electrons. The van der Waals surface area contributed by atoms with Crippen molar-refractivity contribution in [1.82, 2.24) is 0 Å². The van der Waals surface area contributed by atoms with Gasteiger partial charge in [-0.15, -0.1) is 6.58 Å². The summed E-state index contributed by atoms with van der Waals surface area (Å²) >= 11 is 0. The molecule has 0 fully saturated rings. The van der Waals surface area contributed by atoms with Crippen LogP contribution < -0.4 is 29.6 Å². The van der Waals surface area contributed by atoms with Gasteiger partial charge in [0.15, 0.2) is 6.29 Å². The van der Waals surface area contributed by atoms with E-state index in [1.807, 2.05) is 0 Å². The molecule has 0 spiro atoms. The van der Waals surface area contributed by atoms with E-state index >= 15 is 0 Å². The fourth-order valence-electron chi connectivity index (χ4n) is 0.508. The van der Waals surface area contributed by atoms with E-state index in [1.165, 1.54) is 6.08 Å². The topological polar surface area (TPSA) is 86.7 Å². The van der Waals surface area contributed by atoms with Gasteiger partial charge in [0.25, 0.3) is 0 Å². The number of aliphatic hydroxyl groups excluding tert-OH is 1. The zero-order valence-corrected chi connectivity index (χ0v) is 10.3. The standard InChI is InChI=1S/C6H12O5S.Na/c1-2-4-11-6(7)3-5-12(8,9)10;/h2,6-7H,1,3-5H2,(H,8,9,10);/q;+1/p-1. The first kappa shape index (κ1) is 16.0. The van der Waals surface area contributed by atoms with Crippen molar-refractivity contribution in [3.8, 4) is 0 Å². The third-order valence-electron chi connectivity index (χ3n) is 1.02. The molecule has 1 unspecified atom stereocenters. The summed E-state index contributed by atoms with van der Waals surface area (Å²) in [5.41, 5.74) is 0. The van der Waals surface area contributed by atoms with Gasteiger partial charge in [-0.1, -0.05) is 6.08 Å². The molecule has 0 heterocycles. The van der Waals surface area contributed by atoms with E-state index in [-0.39, 0.29) is 42.6 Å². The molecule has 0 aliphatic carbocycles. The van der Waals surface area contributed by atoms with Crippen LogP contribution in [0.2, 0.25) is 0 Å². The van der Waals surface area contributed by atoms with E-state index in [2.05, 4.69) is 11.3 Å². The summed E-state index contributed by atoms with van der Waals surface area (Å²) in [5.74, 6) is -0.620. The second-order valence-electron chi connectivity index (χ2n) is 2.13. The van der Waals surface area contributed by atoms with Crippen molar-refractivity contribution >= 4 is 10.1 Å². The molecule has 7 heteroatoms. The minimum Gasteiger partial charge on any atom is -0.748 e. The zero-order valence-electron chi connectivity index (χ0n) is 7.47. The molecule has 0 bridgehead atoms. The minimum atomic E-state index is -4.26. The van der Waals surface area contributed by atoms with Gasteiger partial charge in [-0.05, 0) is 0 Å². The number of rotatable bonds is 6. The number of hydrogen-bond donors (Lipinski definition) is 1. The summed E-state index contributed by atoms with van der Waals surface area (Å²) in [6.07, 6.45) is -0.0130. The van der Waals surface area contributed by atoms with Crippen molar-refractivity contribution < 1.29 is 52.4 Å². The summed E-state index contributed by atoms with van der Waals surface area (Å²) in [5, 5.41) is 8.87. The predicted molar refractivity (Wildman–Crippen MR) is 41.3 cm³/mol. The Morgan fingerprint density at radius 2 is 2.15 bits per heavy atom. The Kier molecular flexibility index (Phi) is 9.77. The molecule has 1 atom stereocenters. The average molecular weight is 218 g/mol. The van der Waals surface area contributed by atoms with Crippen LogP contribution in [0.4, 0.5) is 0 Å². The number of ether oxygens (including phenoxy) is 1. The number of aliphatic hydroxyl groups is 1. The van der Waals surface area contributed by atoms with Crippen LogP contribution in [-0.4, -0.2) is 36.7 Å². The van der Waals surface area contributed by atoms with Gasteiger partial charge < -0.3 is 14.4 Å². The van der Waals surface area contributed by atoms with Gasteiger partial charge in [0, 0.05) is 12.2 Å². The van der Waals surface area contributed by atoms with Crippen LogP contribution >= 0.6 is 0 Å². The average Bonchev–Trinajstić information content (AvgIpc) is 1.95. The summed E-state index contributed by atoms with van der Waals surface area (Å²) in [7, 11) is -4.26. The number of hydrogen-bond acceptors (Lipinski definition) is 5. The van der Waals surface area contributed by atoms with Gasteiger partial charge in [0.1, 0.15) is 0 Å². The molecule has 0 aromatic heterocycles. The molecule has 5 nitrogen and oxygen atoms in total. The zero-order chi connectivity index (χ0) is 9.61. The fourth-order valence-corrected chi connectivity index (χ4v) is 0.998. The molecule has 0 aromatic carbocycles. The van der Waals surface area contributed by atoms with E-state index in [0.717, 1.165) is 0 Å². The molecular weight excluding hydrogens is 207 g/mol. The van der Waals surface area contributed by atoms with Crippen LogP contribution in [-0.2, 0) is 14.9 Å². The summed E-state index contributed by atoms with van der Waals surface area (Å²) in [6.45, 7) is 3.45. The first-order valence-corrected chi connectivity index (χ1v) is 4.87. The molecule has 0 aromatic rings. The first-order valence-electron chi connectivity index (χ1n) is 3.30. The molecule has 0 rings (SSSR count). The van der Waals surface area contributed by atoms with Gasteiger partial charge in [-0.2, -0.15) is 0 Å². The first-order chi connectivity index (χ1) is 5.45. The molecule has 0 radical (unpaired) electrons. The van der Waals surface area contributed by atoms with Gasteiger partial charge >= 0.3 is 29.6 Å². The second-order valence-corrected chi connectivity index (χ2v) is 3.65. The normalized spacial score (nSPS) is 13.1. The molecule has 0 amide bonds. The van der Waals surface area contributed by atoms with Crippen LogP contribution in [0.15, 0.2) is 12.7 Å². The van der Waals surface area contributed by atoms with Crippen LogP contribution in [0, 0.1) is 0 Å². The maximum Gasteiger partial charge on any atom is 1.00 e. The Morgan fingerprint density at radius 3 is 2.54 bits per heavy atom. The van der Waals surface area contributed by atoms with E-state index in [1.54, 1.807) is 0 Å². The van der Waals surface area contributed by atoms with Crippen molar-refractivity contribution in [2.45, 2.75) is 12.7 Å². The van der Waals surface area contributed by atoms with Gasteiger partial charge in [0.05, 0.1) is 16.7 Å². The quantitative estimate of drug-likeness (QED) is 0.216. The third-order valence-corrected chi connectivity index (χ3v) is 1.76. The van der Waals surface area contributed by atoms with E-state index in [0.29, 0.717) is 0 Å². The molecule has 0 saturated heterocycles. The van der Waals surface area contributed by atoms with Gasteiger partial charge in [-0.25, -0.2) is 8.42 Å². The van der Waals surface area contributed by atoms with Gasteiger partial charge in [-0.3, -0.25) is 0 Å². The molecule has 0 aliphatic rings. The maximum absolute atomic E-state index is 10.1. The largest absolute Gasteiger partial charge is 1.00 e. The molecule has 0 aliphatic heterocycles. The Bertz CT molecular complexity index is 225. The van der Waals surface area contributed by atoms with Crippen LogP contribution in [0.5, 0.6) is 0 Å². The van der Waals surface area contributed by atoms with E-state index in [9.17, 15) is 13.0 Å². The maximum atomic E-state index is 10.1. The van der Waals surface area contributed by atoms with Crippen molar-refractivity contribution in [3.05, 3.63) is 12.7 Å². The van der Waals surface area contributed by atoms with Crippen LogP contribution in [0.1, 0.15) is 6.42 Å². The SMILES string of the molecule is C=CCOC(O)CCS(=O)(=O)[O-].[Na+]. The van der Waals surface area contributed by atoms with Gasteiger partial charge in [0.2, 0.25) is 0 Å². The monoisotopic (exact) mass is 218 g/mol. The predicted octanol–water partition coefficient (Wildman–Crippen LogP) is -3.55. The van der Waals surface area contributed by atoms with Crippen molar-refractivity contribution in [2.75, 3.05) is 12.4 Å². The molecule has 0 saturated carbocycles. The van der Waals surface area contributed by atoms with Crippen LogP contribution in [0.25, 0.3) is 0 Å². The van der Waals surface area contributed by atoms with Crippen molar-refractivity contribution in [3.63, 3.8) is 0 Å². The van der Waals surface area contributed by atoms with E-state index in [4.69, 9.17) is 5.11 Å². The Labute approximate surface area is 99.8 Å². The Morgan fingerprint density at radius 1 is 1.62 bits per heavy atom. The summed E-state index contributed by atoms with van der Waals surface area (Å²) in [4.78, 5) is 0. The Hall–Kier alpha value is 0.570. The summed E-state index contributed by atoms with van der Waals surface area (Å²) < 4.78 is 34.8. The molecule has 1 N–H and O–H groups in total. The van der Waals surface area contributed by atoms with E-state index < -0.39 is 22.2 Å². The van der Waals surface area contributed by atoms with Crippen LogP contribution in [0.3, 0.4) is 0 Å². The summed E-state index contributed by atoms with van der Waals surface area (Å²) in [6, 6.07) is 0. The Balaban J connectivity index is 0. The molecule has 13 heavy (non-hydrogen) atoms. The van der Waals surface area contributed by atoms with Crippen molar-refractivity contribution in [2.24, 2.45) is 0 Å².